The Balaban J connectivity index is 0.00000200. The fourth-order valence-electron chi connectivity index (χ4n) is 1.63. The van der Waals surface area contributed by atoms with Gasteiger partial charge in [0.2, 0.25) is 0 Å². The van der Waals surface area contributed by atoms with Crippen LogP contribution in [-0.4, -0.2) is 93.2 Å². The maximum absolute atomic E-state index is 11.7. The summed E-state index contributed by atoms with van der Waals surface area (Å²) in [4.78, 5) is 31.9. The first kappa shape index (κ1) is 21.2. The Labute approximate surface area is 165 Å². The van der Waals surface area contributed by atoms with Gasteiger partial charge in [0.1, 0.15) is 17.7 Å². The minimum absolute atomic E-state index is 0. The van der Waals surface area contributed by atoms with E-state index in [1.54, 1.807) is 31.4 Å². The number of hydrogen-bond donors (Lipinski definition) is 4. The van der Waals surface area contributed by atoms with E-state index in [1.807, 2.05) is 0 Å². The molecule has 10 heteroatoms. The van der Waals surface area contributed by atoms with Gasteiger partial charge in [-0.2, -0.15) is 0 Å². The van der Waals surface area contributed by atoms with Gasteiger partial charge in [-0.05, 0) is 24.3 Å². The number of hydrogen-bond acceptors (Lipinski definition) is 3. The Morgan fingerprint density at radius 2 is 2.00 bits per heavy atom. The van der Waals surface area contributed by atoms with Crippen LogP contribution in [0.5, 0.6) is 5.75 Å². The third-order valence-corrected chi connectivity index (χ3v) is 3.09. The Kier molecular flexibility index (Phi) is 8.79. The van der Waals surface area contributed by atoms with Gasteiger partial charge in [-0.1, -0.05) is 0 Å². The van der Waals surface area contributed by atoms with Crippen molar-refractivity contribution in [3.8, 4) is 5.75 Å². The molecule has 0 aliphatic carbocycles. The molecule has 0 unspecified atom stereocenters. The van der Waals surface area contributed by atoms with E-state index >= 15 is 0 Å². The van der Waals surface area contributed by atoms with Gasteiger partial charge >= 0.3 is 66.7 Å². The van der Waals surface area contributed by atoms with Crippen molar-refractivity contribution in [2.75, 3.05) is 13.4 Å². The Hall–Kier alpha value is 0.180. The number of amides is 1. The first-order valence-corrected chi connectivity index (χ1v) is 7.18. The fraction of sp³-hybridized carbons (Fsp3) is 0.182. The molecule has 0 aliphatic heterocycles. The van der Waals surface area contributed by atoms with E-state index in [4.69, 9.17) is 14.5 Å². The summed E-state index contributed by atoms with van der Waals surface area (Å²) in [6.07, 6.45) is -0.690. The van der Waals surface area contributed by atoms with Gasteiger partial charge in [-0.3, -0.25) is 9.36 Å². The number of ether oxygens (including phenoxy) is 1. The molecular formula is C11H15N2Na2O5P. The Bertz CT molecular complexity index is 670. The van der Waals surface area contributed by atoms with E-state index < -0.39 is 19.8 Å². The summed E-state index contributed by atoms with van der Waals surface area (Å²) >= 11 is 0. The van der Waals surface area contributed by atoms with Gasteiger partial charge < -0.3 is 24.8 Å². The molecule has 1 amide bonds. The van der Waals surface area contributed by atoms with Gasteiger partial charge in [-0.15, -0.1) is 0 Å². The first-order chi connectivity index (χ1) is 8.89. The number of nitrogens with one attached hydrogen (secondary N) is 2. The van der Waals surface area contributed by atoms with Gasteiger partial charge in [0.05, 0.1) is 7.11 Å². The van der Waals surface area contributed by atoms with Crippen LogP contribution in [0.3, 0.4) is 0 Å². The van der Waals surface area contributed by atoms with Crippen LogP contribution in [0.1, 0.15) is 10.5 Å². The van der Waals surface area contributed by atoms with Crippen LogP contribution in [0.15, 0.2) is 24.3 Å². The van der Waals surface area contributed by atoms with Crippen molar-refractivity contribution in [3.63, 3.8) is 0 Å². The number of rotatable bonds is 4. The third kappa shape index (κ3) is 6.06. The molecule has 0 atom stereocenters. The van der Waals surface area contributed by atoms with Crippen molar-refractivity contribution in [1.82, 2.24) is 10.3 Å². The molecule has 0 bridgehead atoms. The van der Waals surface area contributed by atoms with Crippen molar-refractivity contribution in [2.24, 2.45) is 0 Å². The first-order valence-electron chi connectivity index (χ1n) is 5.38. The molecule has 7 nitrogen and oxygen atoms in total. The molecule has 1 aromatic heterocycles. The van der Waals surface area contributed by atoms with Gasteiger partial charge in [0.25, 0.3) is 5.91 Å². The molecule has 2 aromatic rings. The number of methoxy groups -OCH3 is 1. The number of carbonyl (C=O) groups is 1. The van der Waals surface area contributed by atoms with E-state index in [-0.39, 0.29) is 64.8 Å². The average Bonchev–Trinajstić information content (AvgIpc) is 2.77. The standard InChI is InChI=1S/C11H13N2O5P.2Na.2H/c1-18-8-2-3-9-7(4-8)5-10(13-9)11(14)12-6-19(15,16)17;;;;/h2-5,13H,6H2,1H3,(H,12,14)(H2,15,16,17);;;;. The summed E-state index contributed by atoms with van der Waals surface area (Å²) in [5, 5.41) is 2.94. The summed E-state index contributed by atoms with van der Waals surface area (Å²) < 4.78 is 15.7. The normalized spacial score (nSPS) is 10.4. The minimum atomic E-state index is -4.25. The van der Waals surface area contributed by atoms with E-state index in [2.05, 4.69) is 10.3 Å². The van der Waals surface area contributed by atoms with Crippen molar-refractivity contribution >= 4 is 83.5 Å². The van der Waals surface area contributed by atoms with Crippen molar-refractivity contribution < 1.29 is 23.9 Å². The second-order valence-electron chi connectivity index (χ2n) is 3.96. The molecule has 21 heavy (non-hydrogen) atoms. The van der Waals surface area contributed by atoms with Crippen LogP contribution in [0.25, 0.3) is 10.9 Å². The van der Waals surface area contributed by atoms with Crippen molar-refractivity contribution in [1.29, 1.82) is 0 Å². The van der Waals surface area contributed by atoms with Gasteiger partial charge in [0, 0.05) is 10.9 Å². The monoisotopic (exact) mass is 332 g/mol. The molecule has 0 fully saturated rings. The average molecular weight is 332 g/mol. The zero-order valence-corrected chi connectivity index (χ0v) is 11.0. The molecular weight excluding hydrogens is 317 g/mol. The zero-order chi connectivity index (χ0) is 14.0. The summed E-state index contributed by atoms with van der Waals surface area (Å²) in [5.41, 5.74) is 0.971. The number of aromatic nitrogens is 1. The summed E-state index contributed by atoms with van der Waals surface area (Å²) in [6.45, 7) is 0. The van der Waals surface area contributed by atoms with Crippen LogP contribution < -0.4 is 10.1 Å². The van der Waals surface area contributed by atoms with Crippen LogP contribution in [0.4, 0.5) is 0 Å². The maximum atomic E-state index is 11.7. The Morgan fingerprint density at radius 1 is 1.33 bits per heavy atom. The van der Waals surface area contributed by atoms with Crippen LogP contribution in [0, 0.1) is 0 Å². The van der Waals surface area contributed by atoms with Crippen molar-refractivity contribution in [2.45, 2.75) is 0 Å². The second kappa shape index (κ2) is 8.72. The van der Waals surface area contributed by atoms with Crippen LogP contribution >= 0.6 is 7.60 Å². The van der Waals surface area contributed by atoms with Gasteiger partial charge in [-0.25, -0.2) is 0 Å². The molecule has 0 saturated carbocycles. The van der Waals surface area contributed by atoms with E-state index in [9.17, 15) is 9.36 Å². The molecule has 0 radical (unpaired) electrons. The summed E-state index contributed by atoms with van der Waals surface area (Å²) in [5.74, 6) is 0.0900. The predicted octanol–water partition coefficient (Wildman–Crippen LogP) is -0.256. The number of fused-ring (bicyclic) bond motifs is 1. The van der Waals surface area contributed by atoms with E-state index in [0.717, 1.165) is 10.9 Å². The molecule has 0 aliphatic rings. The molecule has 106 valence electrons. The van der Waals surface area contributed by atoms with Crippen LogP contribution in [0.2, 0.25) is 0 Å². The predicted molar refractivity (Wildman–Crippen MR) is 83.5 cm³/mol. The SMILES string of the molecule is COc1ccc2[nH]c(C(=O)NCP(=O)(O)O)cc2c1.[NaH].[NaH]. The molecule has 1 aromatic carbocycles. The van der Waals surface area contributed by atoms with Crippen molar-refractivity contribution in [3.05, 3.63) is 30.0 Å². The number of H-pyrrole nitrogens is 1. The fourth-order valence-corrected chi connectivity index (χ4v) is 1.98. The zero-order valence-electron chi connectivity index (χ0n) is 10.1. The molecule has 0 saturated heterocycles. The number of aromatic amines is 1. The molecule has 0 spiro atoms. The van der Waals surface area contributed by atoms with E-state index in [0.29, 0.717) is 5.75 Å². The van der Waals surface area contributed by atoms with Gasteiger partial charge in [0.15, 0.2) is 0 Å². The third-order valence-electron chi connectivity index (χ3n) is 2.52. The quantitative estimate of drug-likeness (QED) is 0.455. The molecule has 1 heterocycles. The summed E-state index contributed by atoms with van der Waals surface area (Å²) in [6, 6.07) is 6.85. The van der Waals surface area contributed by atoms with Crippen LogP contribution in [-0.2, 0) is 4.57 Å². The number of carbonyl (C=O) groups excluding carboxylic acids is 1. The van der Waals surface area contributed by atoms with E-state index in [1.165, 1.54) is 0 Å². The number of benzene rings is 1. The Morgan fingerprint density at radius 3 is 2.57 bits per heavy atom. The topological polar surface area (TPSA) is 112 Å². The molecule has 2 rings (SSSR count). The summed E-state index contributed by atoms with van der Waals surface area (Å²) in [7, 11) is -2.71. The second-order valence-corrected chi connectivity index (χ2v) is 5.61. The molecule has 4 N–H and O–H groups in total.